The number of halogens is 1. The molecule has 0 aliphatic carbocycles. The van der Waals surface area contributed by atoms with Crippen molar-refractivity contribution in [1.82, 2.24) is 0 Å². The number of carbonyl (C=O) groups is 2. The topological polar surface area (TPSA) is 71.1 Å². The van der Waals surface area contributed by atoms with Crippen LogP contribution in [0.3, 0.4) is 0 Å². The van der Waals surface area contributed by atoms with E-state index in [4.69, 9.17) is 21.1 Å². The number of carbonyl (C=O) groups excluding carboxylic acids is 2. The highest BCUT2D eigenvalue weighted by Crippen LogP contribution is 2.30. The molecule has 27 heavy (non-hydrogen) atoms. The maximum absolute atomic E-state index is 11.8. The summed E-state index contributed by atoms with van der Waals surface area (Å²) in [7, 11) is 3.86. The molecule has 0 fully saturated rings. The van der Waals surface area contributed by atoms with Crippen LogP contribution < -0.4 is 9.47 Å². The van der Waals surface area contributed by atoms with Crippen LogP contribution in [0.2, 0.25) is 5.02 Å². The molecule has 0 N–H and O–H groups in total. The molecule has 0 spiro atoms. The van der Waals surface area contributed by atoms with Crippen molar-refractivity contribution in [3.8, 4) is 11.5 Å². The predicted octanol–water partition coefficient (Wildman–Crippen LogP) is 3.66. The van der Waals surface area contributed by atoms with Crippen LogP contribution in [-0.4, -0.2) is 33.3 Å². The molecule has 0 saturated carbocycles. The summed E-state index contributed by atoms with van der Waals surface area (Å²) in [6.45, 7) is 0.265. The van der Waals surface area contributed by atoms with E-state index in [1.165, 1.54) is 27.4 Å². The normalized spacial score (nSPS) is 9.93. The third-order valence-electron chi connectivity index (χ3n) is 3.65. The molecule has 0 aliphatic rings. The Morgan fingerprint density at radius 3 is 2.22 bits per heavy atom. The lowest BCUT2D eigenvalue weighted by molar-refractivity contribution is -0.143. The van der Waals surface area contributed by atoms with Crippen molar-refractivity contribution < 1.29 is 28.5 Å². The van der Waals surface area contributed by atoms with Crippen molar-refractivity contribution in [3.05, 3.63) is 64.2 Å². The summed E-state index contributed by atoms with van der Waals surface area (Å²) in [5.74, 6) is -0.656. The first-order valence-electron chi connectivity index (χ1n) is 7.92. The van der Waals surface area contributed by atoms with Crippen molar-refractivity contribution >= 4 is 29.6 Å². The molecule has 6 nitrogen and oxygen atoms in total. The van der Waals surface area contributed by atoms with Gasteiger partial charge in [0.2, 0.25) is 0 Å². The number of methoxy groups -OCH3 is 3. The van der Waals surface area contributed by atoms with Crippen LogP contribution in [0.1, 0.15) is 11.1 Å². The number of benzene rings is 2. The summed E-state index contributed by atoms with van der Waals surface area (Å²) in [5.41, 5.74) is 1.15. The highest BCUT2D eigenvalue weighted by molar-refractivity contribution is 6.31. The van der Waals surface area contributed by atoms with E-state index in [0.29, 0.717) is 22.1 Å². The third-order valence-corrected chi connectivity index (χ3v) is 4.02. The summed E-state index contributed by atoms with van der Waals surface area (Å²) in [4.78, 5) is 23.5. The fraction of sp³-hybridized carbons (Fsp3) is 0.200. The SMILES string of the molecule is COC(=O)C(=Cc1ccc(OCc2ccccc2Cl)c(OC)c1)C(=O)OC. The number of esters is 2. The van der Waals surface area contributed by atoms with Gasteiger partial charge in [0.1, 0.15) is 12.2 Å². The Morgan fingerprint density at radius 2 is 1.63 bits per heavy atom. The zero-order valence-electron chi connectivity index (χ0n) is 15.2. The minimum atomic E-state index is -0.792. The van der Waals surface area contributed by atoms with Crippen molar-refractivity contribution in [2.45, 2.75) is 6.61 Å². The van der Waals surface area contributed by atoms with Gasteiger partial charge in [-0.05, 0) is 29.8 Å². The molecule has 2 rings (SSSR count). The van der Waals surface area contributed by atoms with Gasteiger partial charge in [-0.25, -0.2) is 9.59 Å². The fourth-order valence-electron chi connectivity index (χ4n) is 2.25. The van der Waals surface area contributed by atoms with Gasteiger partial charge in [0, 0.05) is 10.6 Å². The lowest BCUT2D eigenvalue weighted by Gasteiger charge is -2.12. The van der Waals surface area contributed by atoms with E-state index in [1.807, 2.05) is 18.2 Å². The zero-order valence-corrected chi connectivity index (χ0v) is 15.9. The smallest absolute Gasteiger partial charge is 0.345 e. The molecule has 0 saturated heterocycles. The highest BCUT2D eigenvalue weighted by Gasteiger charge is 2.20. The first-order valence-corrected chi connectivity index (χ1v) is 8.30. The third kappa shape index (κ3) is 5.24. The fourth-order valence-corrected chi connectivity index (χ4v) is 2.44. The molecular formula is C20H19ClO6. The highest BCUT2D eigenvalue weighted by atomic mass is 35.5. The van der Waals surface area contributed by atoms with E-state index in [-0.39, 0.29) is 12.2 Å². The Kier molecular flexibility index (Phi) is 7.25. The molecule has 0 atom stereocenters. The molecular weight excluding hydrogens is 372 g/mol. The maximum atomic E-state index is 11.8. The van der Waals surface area contributed by atoms with Gasteiger partial charge in [0.05, 0.1) is 21.3 Å². The van der Waals surface area contributed by atoms with E-state index in [0.717, 1.165) is 5.56 Å². The quantitative estimate of drug-likeness (QED) is 0.311. The van der Waals surface area contributed by atoms with Gasteiger partial charge in [0.15, 0.2) is 11.5 Å². The van der Waals surface area contributed by atoms with Gasteiger partial charge >= 0.3 is 11.9 Å². The minimum Gasteiger partial charge on any atom is -0.493 e. The minimum absolute atomic E-state index is 0.230. The molecule has 2 aromatic rings. The van der Waals surface area contributed by atoms with E-state index in [1.54, 1.807) is 24.3 Å². The van der Waals surface area contributed by atoms with Gasteiger partial charge in [-0.2, -0.15) is 0 Å². The average molecular weight is 391 g/mol. The van der Waals surface area contributed by atoms with E-state index >= 15 is 0 Å². The van der Waals surface area contributed by atoms with Crippen LogP contribution in [0.4, 0.5) is 0 Å². The molecule has 0 bridgehead atoms. The van der Waals surface area contributed by atoms with Gasteiger partial charge in [-0.3, -0.25) is 0 Å². The van der Waals surface area contributed by atoms with E-state index in [9.17, 15) is 9.59 Å². The summed E-state index contributed by atoms with van der Waals surface area (Å²) < 4.78 is 20.3. The number of rotatable bonds is 7. The molecule has 0 aliphatic heterocycles. The second-order valence-electron chi connectivity index (χ2n) is 5.33. The lowest BCUT2D eigenvalue weighted by atomic mass is 10.1. The van der Waals surface area contributed by atoms with E-state index in [2.05, 4.69) is 9.47 Å². The van der Waals surface area contributed by atoms with Crippen LogP contribution in [0.15, 0.2) is 48.0 Å². The second kappa shape index (κ2) is 9.64. The average Bonchev–Trinajstić information content (AvgIpc) is 2.70. The van der Waals surface area contributed by atoms with Gasteiger partial charge in [0.25, 0.3) is 0 Å². The summed E-state index contributed by atoms with van der Waals surface area (Å²) in [6.07, 6.45) is 1.36. The molecule has 0 aromatic heterocycles. The largest absolute Gasteiger partial charge is 0.493 e. The first-order chi connectivity index (χ1) is 13.0. The van der Waals surface area contributed by atoms with Gasteiger partial charge in [-0.1, -0.05) is 35.9 Å². The van der Waals surface area contributed by atoms with Crippen LogP contribution in [-0.2, 0) is 25.7 Å². The summed E-state index contributed by atoms with van der Waals surface area (Å²) in [5, 5.41) is 0.608. The van der Waals surface area contributed by atoms with Crippen LogP contribution in [0.5, 0.6) is 11.5 Å². The first kappa shape index (κ1) is 20.3. The monoisotopic (exact) mass is 390 g/mol. The van der Waals surface area contributed by atoms with Crippen LogP contribution in [0.25, 0.3) is 6.08 Å². The molecule has 7 heteroatoms. The Morgan fingerprint density at radius 1 is 0.963 bits per heavy atom. The maximum Gasteiger partial charge on any atom is 0.345 e. The molecule has 2 aromatic carbocycles. The molecule has 0 heterocycles. The summed E-state index contributed by atoms with van der Waals surface area (Å²) in [6, 6.07) is 12.3. The number of ether oxygens (including phenoxy) is 4. The molecule has 0 radical (unpaired) electrons. The lowest BCUT2D eigenvalue weighted by Crippen LogP contribution is -2.15. The number of hydrogen-bond donors (Lipinski definition) is 0. The van der Waals surface area contributed by atoms with Gasteiger partial charge in [-0.15, -0.1) is 0 Å². The standard InChI is InChI=1S/C20H19ClO6/c1-24-18-11-13(10-15(19(22)25-2)20(23)26-3)8-9-17(18)27-12-14-6-4-5-7-16(14)21/h4-11H,12H2,1-3H3. The zero-order chi connectivity index (χ0) is 19.8. The van der Waals surface area contributed by atoms with Gasteiger partial charge < -0.3 is 18.9 Å². The number of hydrogen-bond acceptors (Lipinski definition) is 6. The van der Waals surface area contributed by atoms with Crippen molar-refractivity contribution in [2.24, 2.45) is 0 Å². The Labute approximate surface area is 162 Å². The molecule has 142 valence electrons. The Bertz CT molecular complexity index is 841. The van der Waals surface area contributed by atoms with E-state index < -0.39 is 11.9 Å². The Hall–Kier alpha value is -2.99. The van der Waals surface area contributed by atoms with Crippen molar-refractivity contribution in [2.75, 3.05) is 21.3 Å². The van der Waals surface area contributed by atoms with Crippen molar-refractivity contribution in [3.63, 3.8) is 0 Å². The van der Waals surface area contributed by atoms with Crippen molar-refractivity contribution in [1.29, 1.82) is 0 Å². The molecule has 0 amide bonds. The summed E-state index contributed by atoms with van der Waals surface area (Å²) >= 11 is 6.13. The predicted molar refractivity (Wildman–Crippen MR) is 101 cm³/mol. The second-order valence-corrected chi connectivity index (χ2v) is 5.74. The van der Waals surface area contributed by atoms with Crippen LogP contribution >= 0.6 is 11.6 Å². The molecule has 0 unspecified atom stereocenters. The Balaban J connectivity index is 2.27. The van der Waals surface area contributed by atoms with Crippen LogP contribution in [0, 0.1) is 0 Å².